The summed E-state index contributed by atoms with van der Waals surface area (Å²) in [5, 5.41) is 5.87. The van der Waals surface area contributed by atoms with Crippen LogP contribution in [0.2, 0.25) is 0 Å². The average Bonchev–Trinajstić information content (AvgIpc) is 2.99. The van der Waals surface area contributed by atoms with Crippen molar-refractivity contribution in [2.75, 3.05) is 11.9 Å². The molecule has 0 spiro atoms. The van der Waals surface area contributed by atoms with Crippen molar-refractivity contribution >= 4 is 44.3 Å². The topological polar surface area (TPSA) is 67.4 Å². The van der Waals surface area contributed by atoms with Gasteiger partial charge in [-0.1, -0.05) is 22.0 Å². The first-order valence-corrected chi connectivity index (χ1v) is 10.4. The number of carbonyl (C=O) groups is 2. The molecule has 5 nitrogen and oxygen atoms in total. The van der Waals surface area contributed by atoms with Crippen molar-refractivity contribution in [1.29, 1.82) is 0 Å². The van der Waals surface area contributed by atoms with Crippen LogP contribution in [0.15, 0.2) is 22.7 Å². The summed E-state index contributed by atoms with van der Waals surface area (Å²) in [6.07, 6.45) is 3.81. The van der Waals surface area contributed by atoms with Crippen LogP contribution in [0.4, 0.5) is 14.2 Å². The summed E-state index contributed by atoms with van der Waals surface area (Å²) < 4.78 is 19.7. The second-order valence-corrected chi connectivity index (χ2v) is 8.20. The van der Waals surface area contributed by atoms with Gasteiger partial charge >= 0.3 is 12.0 Å². The van der Waals surface area contributed by atoms with Crippen molar-refractivity contribution < 1.29 is 18.7 Å². The fourth-order valence-electron chi connectivity index (χ4n) is 3.06. The van der Waals surface area contributed by atoms with Crippen LogP contribution in [0, 0.1) is 5.82 Å². The lowest BCUT2D eigenvalue weighted by molar-refractivity contribution is 0.0526. The number of thiophene rings is 1. The maximum atomic E-state index is 13.9. The molecular formula is C19H20BrFN2O3S. The van der Waals surface area contributed by atoms with E-state index < -0.39 is 17.8 Å². The highest BCUT2D eigenvalue weighted by Crippen LogP contribution is 2.38. The number of amides is 2. The number of benzene rings is 1. The quantitative estimate of drug-likeness (QED) is 0.622. The fourth-order valence-corrected chi connectivity index (χ4v) is 4.67. The number of hydrogen-bond acceptors (Lipinski definition) is 4. The van der Waals surface area contributed by atoms with E-state index in [1.807, 2.05) is 0 Å². The highest BCUT2D eigenvalue weighted by Gasteiger charge is 2.27. The molecule has 1 aromatic heterocycles. The van der Waals surface area contributed by atoms with E-state index in [4.69, 9.17) is 4.74 Å². The van der Waals surface area contributed by atoms with E-state index in [2.05, 4.69) is 26.6 Å². The van der Waals surface area contributed by atoms with Gasteiger partial charge in [-0.3, -0.25) is 5.32 Å². The van der Waals surface area contributed by atoms with Crippen molar-refractivity contribution in [2.24, 2.45) is 0 Å². The van der Waals surface area contributed by atoms with E-state index in [0.29, 0.717) is 20.6 Å². The number of urea groups is 1. The number of nitrogens with one attached hydrogen (secondary N) is 2. The third kappa shape index (κ3) is 4.68. The van der Waals surface area contributed by atoms with Crippen LogP contribution in [0.5, 0.6) is 0 Å². The molecular weight excluding hydrogens is 435 g/mol. The molecule has 0 bridgehead atoms. The number of aryl methyl sites for hydroxylation is 1. The molecule has 2 amide bonds. The molecule has 1 aliphatic rings. The summed E-state index contributed by atoms with van der Waals surface area (Å²) in [7, 11) is 0. The lowest BCUT2D eigenvalue weighted by atomic mass is 9.95. The third-order valence-electron chi connectivity index (χ3n) is 4.33. The largest absolute Gasteiger partial charge is 0.462 e. The van der Waals surface area contributed by atoms with Crippen LogP contribution in [0.3, 0.4) is 0 Å². The van der Waals surface area contributed by atoms with Crippen molar-refractivity contribution in [3.05, 3.63) is 50.1 Å². The lowest BCUT2D eigenvalue weighted by Crippen LogP contribution is -2.29. The van der Waals surface area contributed by atoms with Gasteiger partial charge in [-0.15, -0.1) is 11.3 Å². The van der Waals surface area contributed by atoms with Crippen molar-refractivity contribution in [3.8, 4) is 0 Å². The Morgan fingerprint density at radius 1 is 1.30 bits per heavy atom. The minimum atomic E-state index is -0.485. The molecule has 1 aromatic carbocycles. The van der Waals surface area contributed by atoms with Gasteiger partial charge in [-0.2, -0.15) is 0 Å². The van der Waals surface area contributed by atoms with Crippen LogP contribution in [-0.4, -0.2) is 18.6 Å². The smallest absolute Gasteiger partial charge is 0.341 e. The Labute approximate surface area is 169 Å². The van der Waals surface area contributed by atoms with E-state index in [1.54, 1.807) is 19.1 Å². The predicted molar refractivity (Wildman–Crippen MR) is 107 cm³/mol. The van der Waals surface area contributed by atoms with Crippen molar-refractivity contribution in [3.63, 3.8) is 0 Å². The van der Waals surface area contributed by atoms with Crippen molar-refractivity contribution in [1.82, 2.24) is 5.32 Å². The monoisotopic (exact) mass is 454 g/mol. The second kappa shape index (κ2) is 8.84. The van der Waals surface area contributed by atoms with Gasteiger partial charge in [0.05, 0.1) is 12.2 Å². The molecule has 3 rings (SSSR count). The average molecular weight is 455 g/mol. The molecule has 27 heavy (non-hydrogen) atoms. The number of hydrogen-bond donors (Lipinski definition) is 2. The number of fused-ring (bicyclic) bond motifs is 1. The summed E-state index contributed by atoms with van der Waals surface area (Å²) in [5.41, 5.74) is 1.82. The van der Waals surface area contributed by atoms with Gasteiger partial charge in [-0.05, 0) is 50.3 Å². The normalized spacial score (nSPS) is 13.0. The minimum absolute atomic E-state index is 0.0464. The Kier molecular flexibility index (Phi) is 6.49. The Morgan fingerprint density at radius 3 is 2.81 bits per heavy atom. The fraction of sp³-hybridized carbons (Fsp3) is 0.368. The zero-order valence-corrected chi connectivity index (χ0v) is 17.3. The molecule has 0 radical (unpaired) electrons. The number of rotatable bonds is 5. The number of carbonyl (C=O) groups excluding carboxylic acids is 2. The van der Waals surface area contributed by atoms with E-state index in [1.165, 1.54) is 17.4 Å². The second-order valence-electron chi connectivity index (χ2n) is 6.18. The molecule has 0 unspecified atom stereocenters. The van der Waals surface area contributed by atoms with Crippen LogP contribution in [0.25, 0.3) is 0 Å². The first-order valence-electron chi connectivity index (χ1n) is 8.80. The summed E-state index contributed by atoms with van der Waals surface area (Å²) in [4.78, 5) is 25.8. The minimum Gasteiger partial charge on any atom is -0.462 e. The van der Waals surface area contributed by atoms with E-state index in [9.17, 15) is 14.0 Å². The first kappa shape index (κ1) is 19.8. The van der Waals surface area contributed by atoms with Crippen molar-refractivity contribution in [2.45, 2.75) is 39.2 Å². The molecule has 8 heteroatoms. The Bertz CT molecular complexity index is 869. The molecule has 2 aromatic rings. The van der Waals surface area contributed by atoms with Gasteiger partial charge in [-0.25, -0.2) is 14.0 Å². The maximum absolute atomic E-state index is 13.9. The molecule has 0 saturated heterocycles. The van der Waals surface area contributed by atoms with E-state index >= 15 is 0 Å². The lowest BCUT2D eigenvalue weighted by Gasteiger charge is -2.12. The molecule has 0 atom stereocenters. The van der Waals surface area contributed by atoms with E-state index in [0.717, 1.165) is 36.1 Å². The Hall–Kier alpha value is -1.93. The highest BCUT2D eigenvalue weighted by molar-refractivity contribution is 9.10. The SMILES string of the molecule is CCOC(=O)c1c(NC(=O)NCc2ccc(Br)cc2F)sc2c1CCCC2. The van der Waals surface area contributed by atoms with Gasteiger partial charge in [0, 0.05) is 21.5 Å². The standard InChI is InChI=1S/C19H20BrFN2O3S/c1-2-26-18(24)16-13-5-3-4-6-15(13)27-17(16)23-19(25)22-10-11-7-8-12(20)9-14(11)21/h7-9H,2-6,10H2,1H3,(H2,22,23,25). The number of ether oxygens (including phenoxy) is 1. The number of anilines is 1. The summed E-state index contributed by atoms with van der Waals surface area (Å²) >= 11 is 4.62. The zero-order chi connectivity index (χ0) is 19.4. The molecule has 1 heterocycles. The van der Waals surface area contributed by atoms with Gasteiger partial charge in [0.25, 0.3) is 0 Å². The summed E-state index contributed by atoms with van der Waals surface area (Å²) in [6, 6.07) is 4.18. The molecule has 0 fully saturated rings. The number of halogens is 2. The van der Waals surface area contributed by atoms with Crippen LogP contribution in [0.1, 0.15) is 46.1 Å². The van der Waals surface area contributed by atoms with Crippen LogP contribution < -0.4 is 10.6 Å². The van der Waals surface area contributed by atoms with E-state index in [-0.39, 0.29) is 13.2 Å². The Balaban J connectivity index is 1.73. The molecule has 2 N–H and O–H groups in total. The molecule has 1 aliphatic carbocycles. The zero-order valence-electron chi connectivity index (χ0n) is 14.9. The van der Waals surface area contributed by atoms with Gasteiger partial charge in [0.2, 0.25) is 0 Å². The van der Waals surface area contributed by atoms with Crippen LogP contribution >= 0.6 is 27.3 Å². The highest BCUT2D eigenvalue weighted by atomic mass is 79.9. The van der Waals surface area contributed by atoms with Gasteiger partial charge < -0.3 is 10.1 Å². The molecule has 144 valence electrons. The first-order chi connectivity index (χ1) is 13.0. The van der Waals surface area contributed by atoms with Gasteiger partial charge in [0.15, 0.2) is 0 Å². The van der Waals surface area contributed by atoms with Gasteiger partial charge in [0.1, 0.15) is 10.8 Å². The number of esters is 1. The molecule has 0 aliphatic heterocycles. The van der Waals surface area contributed by atoms with Crippen LogP contribution in [-0.2, 0) is 24.1 Å². The molecule has 0 saturated carbocycles. The summed E-state index contributed by atoms with van der Waals surface area (Å²) in [5.74, 6) is -0.811. The third-order valence-corrected chi connectivity index (χ3v) is 6.03. The maximum Gasteiger partial charge on any atom is 0.341 e. The predicted octanol–water partition coefficient (Wildman–Crippen LogP) is 5.03. The summed E-state index contributed by atoms with van der Waals surface area (Å²) in [6.45, 7) is 2.08. The Morgan fingerprint density at radius 2 is 2.07 bits per heavy atom.